The Morgan fingerprint density at radius 2 is 1.83 bits per heavy atom. The molecule has 0 unspecified atom stereocenters. The van der Waals surface area contributed by atoms with Gasteiger partial charge in [-0.1, -0.05) is 0 Å². The number of thioether (sulfide) groups is 1. The van der Waals surface area contributed by atoms with Crippen LogP contribution in [0.1, 0.15) is 22.8 Å². The highest BCUT2D eigenvalue weighted by Gasteiger charge is 2.29. The van der Waals surface area contributed by atoms with Gasteiger partial charge in [-0.25, -0.2) is 4.79 Å². The highest BCUT2D eigenvalue weighted by molar-refractivity contribution is 8.00. The van der Waals surface area contributed by atoms with Gasteiger partial charge in [-0.05, 0) is 66.2 Å². The van der Waals surface area contributed by atoms with Gasteiger partial charge in [-0.2, -0.15) is 13.2 Å². The third-order valence-corrected chi connectivity index (χ3v) is 5.04. The fourth-order valence-electron chi connectivity index (χ4n) is 3.01. The number of amides is 2. The first-order valence-electron chi connectivity index (χ1n) is 8.86. The summed E-state index contributed by atoms with van der Waals surface area (Å²) >= 11 is -0.287. The minimum absolute atomic E-state index is 0.0381. The van der Waals surface area contributed by atoms with E-state index >= 15 is 0 Å². The Morgan fingerprint density at radius 3 is 2.47 bits per heavy atom. The average Bonchev–Trinajstić information content (AvgIpc) is 3.09. The minimum Gasteiger partial charge on any atom is -0.452 e. The first-order chi connectivity index (χ1) is 14.1. The molecule has 6 nitrogen and oxygen atoms in total. The van der Waals surface area contributed by atoms with E-state index in [4.69, 9.17) is 4.74 Å². The summed E-state index contributed by atoms with van der Waals surface area (Å²) in [6, 6.07) is 9.87. The van der Waals surface area contributed by atoms with Crippen LogP contribution in [0.2, 0.25) is 0 Å². The van der Waals surface area contributed by atoms with Crippen molar-refractivity contribution in [3.05, 3.63) is 53.6 Å². The van der Waals surface area contributed by atoms with Gasteiger partial charge in [0.15, 0.2) is 6.61 Å². The number of hydrogen-bond donors (Lipinski definition) is 1. The van der Waals surface area contributed by atoms with Gasteiger partial charge in [-0.15, -0.1) is 0 Å². The van der Waals surface area contributed by atoms with Crippen molar-refractivity contribution in [1.82, 2.24) is 0 Å². The molecule has 1 heterocycles. The lowest BCUT2D eigenvalue weighted by atomic mass is 10.1. The SMILES string of the molecule is CC(=O)N1CCc2cc(NC(=O)COC(=O)c3ccc(SC(F)(F)F)cc3)ccc21. The second kappa shape index (κ2) is 8.78. The minimum atomic E-state index is -4.41. The summed E-state index contributed by atoms with van der Waals surface area (Å²) in [5, 5.41) is 2.61. The van der Waals surface area contributed by atoms with Gasteiger partial charge in [0.2, 0.25) is 5.91 Å². The smallest absolute Gasteiger partial charge is 0.446 e. The van der Waals surface area contributed by atoms with Crippen LogP contribution in [0.15, 0.2) is 47.4 Å². The Balaban J connectivity index is 1.52. The molecular weight excluding hydrogens is 421 g/mol. The molecule has 3 rings (SSSR count). The lowest BCUT2D eigenvalue weighted by Crippen LogP contribution is -2.25. The highest BCUT2D eigenvalue weighted by atomic mass is 32.2. The van der Waals surface area contributed by atoms with Crippen molar-refractivity contribution in [2.24, 2.45) is 0 Å². The molecule has 1 aliphatic rings. The molecular formula is C20H17F3N2O4S. The van der Waals surface area contributed by atoms with Crippen LogP contribution in [0.4, 0.5) is 24.5 Å². The third-order valence-electron chi connectivity index (χ3n) is 4.30. The molecule has 1 N–H and O–H groups in total. The number of anilines is 2. The lowest BCUT2D eigenvalue weighted by molar-refractivity contribution is -0.119. The van der Waals surface area contributed by atoms with E-state index in [0.29, 0.717) is 18.7 Å². The number of carbonyl (C=O) groups excluding carboxylic acids is 3. The number of halogens is 3. The number of carbonyl (C=O) groups is 3. The summed E-state index contributed by atoms with van der Waals surface area (Å²) in [6.07, 6.45) is 0.677. The molecule has 0 saturated heterocycles. The maximum absolute atomic E-state index is 12.3. The number of nitrogens with zero attached hydrogens (tertiary/aromatic N) is 1. The van der Waals surface area contributed by atoms with Crippen molar-refractivity contribution < 1.29 is 32.3 Å². The molecule has 0 spiro atoms. The summed E-state index contributed by atoms with van der Waals surface area (Å²) in [7, 11) is 0. The van der Waals surface area contributed by atoms with E-state index in [1.807, 2.05) is 0 Å². The van der Waals surface area contributed by atoms with E-state index in [1.165, 1.54) is 19.1 Å². The monoisotopic (exact) mass is 438 g/mol. The predicted molar refractivity (Wildman–Crippen MR) is 105 cm³/mol. The number of alkyl halides is 3. The number of fused-ring (bicyclic) bond motifs is 1. The van der Waals surface area contributed by atoms with E-state index in [9.17, 15) is 27.6 Å². The Morgan fingerprint density at radius 1 is 1.13 bits per heavy atom. The Bertz CT molecular complexity index is 977. The van der Waals surface area contributed by atoms with Crippen LogP contribution in [-0.2, 0) is 20.7 Å². The summed E-state index contributed by atoms with van der Waals surface area (Å²) < 4.78 is 41.9. The van der Waals surface area contributed by atoms with E-state index < -0.39 is 24.0 Å². The van der Waals surface area contributed by atoms with Gasteiger partial charge < -0.3 is 15.0 Å². The maximum Gasteiger partial charge on any atom is 0.446 e. The maximum atomic E-state index is 12.3. The van der Waals surface area contributed by atoms with Crippen LogP contribution < -0.4 is 10.2 Å². The van der Waals surface area contributed by atoms with E-state index in [1.54, 1.807) is 23.1 Å². The Labute approximate surface area is 174 Å². The number of hydrogen-bond acceptors (Lipinski definition) is 5. The van der Waals surface area contributed by atoms with E-state index in [2.05, 4.69) is 5.32 Å². The zero-order chi connectivity index (χ0) is 21.9. The van der Waals surface area contributed by atoms with Gasteiger partial charge in [0.25, 0.3) is 5.91 Å². The molecule has 0 bridgehead atoms. The average molecular weight is 438 g/mol. The quantitative estimate of drug-likeness (QED) is 0.564. The van der Waals surface area contributed by atoms with Crippen LogP contribution >= 0.6 is 11.8 Å². The Hall–Kier alpha value is -3.01. The molecule has 0 saturated carbocycles. The molecule has 0 atom stereocenters. The van der Waals surface area contributed by atoms with Gasteiger partial charge in [0.1, 0.15) is 0 Å². The van der Waals surface area contributed by atoms with Gasteiger partial charge in [0.05, 0.1) is 5.56 Å². The zero-order valence-corrected chi connectivity index (χ0v) is 16.6. The summed E-state index contributed by atoms with van der Waals surface area (Å²) in [5.74, 6) is -1.43. The van der Waals surface area contributed by atoms with E-state index in [0.717, 1.165) is 23.4 Å². The molecule has 2 aromatic rings. The number of ether oxygens (including phenoxy) is 1. The van der Waals surface area contributed by atoms with Crippen LogP contribution in [-0.4, -0.2) is 36.4 Å². The topological polar surface area (TPSA) is 75.7 Å². The first-order valence-corrected chi connectivity index (χ1v) is 9.68. The van der Waals surface area contributed by atoms with Crippen LogP contribution in [0, 0.1) is 0 Å². The van der Waals surface area contributed by atoms with Crippen molar-refractivity contribution in [3.63, 3.8) is 0 Å². The molecule has 0 fully saturated rings. The van der Waals surface area contributed by atoms with Gasteiger partial charge in [0, 0.05) is 29.7 Å². The number of nitrogens with one attached hydrogen (secondary N) is 1. The predicted octanol–water partition coefficient (Wildman–Crippen LogP) is 4.00. The second-order valence-electron chi connectivity index (χ2n) is 6.46. The van der Waals surface area contributed by atoms with Crippen LogP contribution in [0.5, 0.6) is 0 Å². The fraction of sp³-hybridized carbons (Fsp3) is 0.250. The van der Waals surface area contributed by atoms with Crippen molar-refractivity contribution >= 4 is 40.9 Å². The van der Waals surface area contributed by atoms with Crippen LogP contribution in [0.3, 0.4) is 0 Å². The Kier molecular flexibility index (Phi) is 6.35. The molecule has 0 aliphatic carbocycles. The molecule has 158 valence electrons. The molecule has 0 radical (unpaired) electrons. The molecule has 0 aromatic heterocycles. The summed E-state index contributed by atoms with van der Waals surface area (Å²) in [5.41, 5.74) is -2.14. The van der Waals surface area contributed by atoms with Gasteiger partial charge >= 0.3 is 11.5 Å². The normalized spacial score (nSPS) is 13.0. The molecule has 2 aromatic carbocycles. The van der Waals surface area contributed by atoms with Crippen LogP contribution in [0.25, 0.3) is 0 Å². The zero-order valence-electron chi connectivity index (χ0n) is 15.8. The molecule has 1 aliphatic heterocycles. The van der Waals surface area contributed by atoms with Gasteiger partial charge in [-0.3, -0.25) is 9.59 Å². The largest absolute Gasteiger partial charge is 0.452 e. The summed E-state index contributed by atoms with van der Waals surface area (Å²) in [4.78, 5) is 37.2. The van der Waals surface area contributed by atoms with Crippen molar-refractivity contribution in [3.8, 4) is 0 Å². The molecule has 2 amide bonds. The molecule has 30 heavy (non-hydrogen) atoms. The first kappa shape index (κ1) is 21.7. The molecule has 10 heteroatoms. The van der Waals surface area contributed by atoms with Crippen molar-refractivity contribution in [1.29, 1.82) is 0 Å². The fourth-order valence-corrected chi connectivity index (χ4v) is 3.55. The van der Waals surface area contributed by atoms with Crippen molar-refractivity contribution in [2.75, 3.05) is 23.4 Å². The number of benzene rings is 2. The van der Waals surface area contributed by atoms with E-state index in [-0.39, 0.29) is 28.1 Å². The number of esters is 1. The second-order valence-corrected chi connectivity index (χ2v) is 7.60. The highest BCUT2D eigenvalue weighted by Crippen LogP contribution is 2.36. The standard InChI is InChI=1S/C20H17F3N2O4S/c1-12(26)25-9-8-14-10-15(4-7-17(14)25)24-18(27)11-29-19(28)13-2-5-16(6-3-13)30-20(21,22)23/h2-7,10H,8-9,11H2,1H3,(H,24,27). The third kappa shape index (κ3) is 5.53. The summed E-state index contributed by atoms with van der Waals surface area (Å²) in [6.45, 7) is 1.52. The lowest BCUT2D eigenvalue weighted by Gasteiger charge is -2.15. The van der Waals surface area contributed by atoms with Crippen molar-refractivity contribution in [2.45, 2.75) is 23.7 Å². The number of rotatable bonds is 5.